The molecule has 0 aliphatic carbocycles. The number of benzene rings is 2. The molecular weight excluding hydrogens is 343 g/mol. The normalized spacial score (nSPS) is 11.0. The number of methoxy groups -OCH3 is 2. The van der Waals surface area contributed by atoms with Gasteiger partial charge in [0, 0.05) is 18.2 Å². The van der Waals surface area contributed by atoms with E-state index in [-0.39, 0.29) is 10.6 Å². The molecule has 0 fully saturated rings. The second kappa shape index (κ2) is 6.71. The number of nitro groups is 1. The van der Waals surface area contributed by atoms with Crippen LogP contribution in [0.2, 0.25) is 0 Å². The van der Waals surface area contributed by atoms with E-state index in [4.69, 9.17) is 9.47 Å². The number of sulfonamides is 1. The van der Waals surface area contributed by atoms with Crippen LogP contribution < -0.4 is 14.2 Å². The van der Waals surface area contributed by atoms with E-state index in [9.17, 15) is 22.9 Å². The highest BCUT2D eigenvalue weighted by Crippen LogP contribution is 2.31. The summed E-state index contributed by atoms with van der Waals surface area (Å²) in [6, 6.07) is 6.34. The predicted octanol–water partition coefficient (Wildman–Crippen LogP) is 2.55. The maximum atomic E-state index is 13.7. The van der Waals surface area contributed by atoms with Crippen molar-refractivity contribution in [3.8, 4) is 11.5 Å². The van der Waals surface area contributed by atoms with Gasteiger partial charge in [-0.1, -0.05) is 0 Å². The van der Waals surface area contributed by atoms with E-state index in [0.29, 0.717) is 5.75 Å². The molecule has 2 aromatic carbocycles. The first-order valence-corrected chi connectivity index (χ1v) is 7.95. The SMILES string of the molecule is COc1ccc(S(=O)(=O)Nc2cc([N+](=O)[O-])ccc2F)cc1OC. The Hall–Kier alpha value is -2.88. The first kappa shape index (κ1) is 17.5. The Bertz CT molecular complexity index is 885. The van der Waals surface area contributed by atoms with Crippen LogP contribution in [0.15, 0.2) is 41.3 Å². The van der Waals surface area contributed by atoms with Crippen LogP contribution in [0.5, 0.6) is 11.5 Å². The van der Waals surface area contributed by atoms with Crippen LogP contribution in [0.3, 0.4) is 0 Å². The maximum absolute atomic E-state index is 13.7. The number of nitro benzene ring substituents is 1. The third kappa shape index (κ3) is 3.54. The Labute approximate surface area is 137 Å². The molecule has 2 aromatic rings. The van der Waals surface area contributed by atoms with Gasteiger partial charge in [0.1, 0.15) is 5.82 Å². The number of halogens is 1. The van der Waals surface area contributed by atoms with Gasteiger partial charge in [0.25, 0.3) is 15.7 Å². The van der Waals surface area contributed by atoms with Gasteiger partial charge in [-0.15, -0.1) is 0 Å². The van der Waals surface area contributed by atoms with E-state index in [2.05, 4.69) is 0 Å². The van der Waals surface area contributed by atoms with Crippen molar-refractivity contribution >= 4 is 21.4 Å². The zero-order valence-electron chi connectivity index (χ0n) is 12.6. The quantitative estimate of drug-likeness (QED) is 0.629. The molecule has 0 aliphatic rings. The van der Waals surface area contributed by atoms with Crippen molar-refractivity contribution in [3.63, 3.8) is 0 Å². The van der Waals surface area contributed by atoms with Crippen LogP contribution in [-0.2, 0) is 10.0 Å². The van der Waals surface area contributed by atoms with Crippen molar-refractivity contribution in [3.05, 3.63) is 52.3 Å². The molecule has 128 valence electrons. The van der Waals surface area contributed by atoms with Gasteiger partial charge in [0.2, 0.25) is 0 Å². The van der Waals surface area contributed by atoms with Crippen molar-refractivity contribution in [1.29, 1.82) is 0 Å². The Morgan fingerprint density at radius 1 is 1.08 bits per heavy atom. The number of nitrogens with zero attached hydrogens (tertiary/aromatic N) is 1. The Morgan fingerprint density at radius 2 is 1.75 bits per heavy atom. The van der Waals surface area contributed by atoms with Crippen LogP contribution in [0.25, 0.3) is 0 Å². The number of rotatable bonds is 6. The molecule has 0 heterocycles. The third-order valence-corrected chi connectivity index (χ3v) is 4.43. The molecule has 8 nitrogen and oxygen atoms in total. The van der Waals surface area contributed by atoms with Crippen LogP contribution >= 0.6 is 0 Å². The van der Waals surface area contributed by atoms with Crippen LogP contribution in [0.1, 0.15) is 0 Å². The second-order valence-corrected chi connectivity index (χ2v) is 6.23. The molecule has 24 heavy (non-hydrogen) atoms. The molecule has 0 atom stereocenters. The van der Waals surface area contributed by atoms with E-state index in [1.54, 1.807) is 0 Å². The van der Waals surface area contributed by atoms with Crippen molar-refractivity contribution in [1.82, 2.24) is 0 Å². The minimum atomic E-state index is -4.18. The fraction of sp³-hybridized carbons (Fsp3) is 0.143. The summed E-state index contributed by atoms with van der Waals surface area (Å²) in [4.78, 5) is 9.76. The van der Waals surface area contributed by atoms with Gasteiger partial charge in [0.05, 0.1) is 29.7 Å². The topological polar surface area (TPSA) is 108 Å². The van der Waals surface area contributed by atoms with Crippen molar-refractivity contribution in [2.75, 3.05) is 18.9 Å². The molecule has 0 bridgehead atoms. The lowest BCUT2D eigenvalue weighted by molar-refractivity contribution is -0.384. The first-order valence-electron chi connectivity index (χ1n) is 6.47. The largest absolute Gasteiger partial charge is 0.493 e. The van der Waals surface area contributed by atoms with Crippen molar-refractivity contribution < 1.29 is 27.2 Å². The fourth-order valence-electron chi connectivity index (χ4n) is 1.89. The minimum Gasteiger partial charge on any atom is -0.493 e. The molecule has 0 saturated carbocycles. The van der Waals surface area contributed by atoms with Gasteiger partial charge in [0.15, 0.2) is 11.5 Å². The summed E-state index contributed by atoms with van der Waals surface area (Å²) in [5.74, 6) is -0.456. The number of hydrogen-bond acceptors (Lipinski definition) is 6. The molecule has 0 aromatic heterocycles. The standard InChI is InChI=1S/C14H13FN2O6S/c1-22-13-6-4-10(8-14(13)23-2)24(20,21)16-12-7-9(17(18)19)3-5-11(12)15/h3-8,16H,1-2H3. The Kier molecular flexibility index (Phi) is 4.88. The Balaban J connectivity index is 2.42. The van der Waals surface area contributed by atoms with Crippen LogP contribution in [0, 0.1) is 15.9 Å². The third-order valence-electron chi connectivity index (χ3n) is 3.07. The van der Waals surface area contributed by atoms with Gasteiger partial charge in [-0.2, -0.15) is 0 Å². The number of nitrogens with one attached hydrogen (secondary N) is 1. The van der Waals surface area contributed by atoms with Gasteiger partial charge >= 0.3 is 0 Å². The highest BCUT2D eigenvalue weighted by atomic mass is 32.2. The van der Waals surface area contributed by atoms with E-state index < -0.39 is 32.1 Å². The molecule has 0 unspecified atom stereocenters. The highest BCUT2D eigenvalue weighted by molar-refractivity contribution is 7.92. The van der Waals surface area contributed by atoms with E-state index >= 15 is 0 Å². The highest BCUT2D eigenvalue weighted by Gasteiger charge is 2.20. The number of ether oxygens (including phenoxy) is 2. The average Bonchev–Trinajstić information content (AvgIpc) is 2.55. The number of non-ortho nitro benzene ring substituents is 1. The van der Waals surface area contributed by atoms with Crippen LogP contribution in [0.4, 0.5) is 15.8 Å². The van der Waals surface area contributed by atoms with Gasteiger partial charge in [-0.3, -0.25) is 14.8 Å². The average molecular weight is 356 g/mol. The van der Waals surface area contributed by atoms with E-state index in [0.717, 1.165) is 18.2 Å². The lowest BCUT2D eigenvalue weighted by Gasteiger charge is -2.12. The molecule has 0 aliphatic heterocycles. The molecular formula is C14H13FN2O6S. The molecule has 0 radical (unpaired) electrons. The fourth-order valence-corrected chi connectivity index (χ4v) is 2.97. The van der Waals surface area contributed by atoms with Gasteiger partial charge in [-0.25, -0.2) is 12.8 Å². The Morgan fingerprint density at radius 3 is 2.33 bits per heavy atom. The number of hydrogen-bond donors (Lipinski definition) is 1. The second-order valence-electron chi connectivity index (χ2n) is 4.54. The minimum absolute atomic E-state index is 0.167. The van der Waals surface area contributed by atoms with Crippen molar-refractivity contribution in [2.24, 2.45) is 0 Å². The summed E-state index contributed by atoms with van der Waals surface area (Å²) in [5, 5.41) is 10.7. The molecule has 10 heteroatoms. The molecule has 0 spiro atoms. The lowest BCUT2D eigenvalue weighted by Crippen LogP contribution is -2.14. The molecule has 0 saturated heterocycles. The summed E-state index contributed by atoms with van der Waals surface area (Å²) in [6.45, 7) is 0. The molecule has 1 N–H and O–H groups in total. The summed E-state index contributed by atoms with van der Waals surface area (Å²) < 4.78 is 50.5. The monoisotopic (exact) mass is 356 g/mol. The van der Waals surface area contributed by atoms with Gasteiger partial charge in [-0.05, 0) is 18.2 Å². The number of anilines is 1. The van der Waals surface area contributed by atoms with Gasteiger partial charge < -0.3 is 9.47 Å². The smallest absolute Gasteiger partial charge is 0.271 e. The van der Waals surface area contributed by atoms with E-state index in [1.807, 2.05) is 4.72 Å². The molecule has 0 amide bonds. The zero-order valence-corrected chi connectivity index (χ0v) is 13.5. The summed E-state index contributed by atoms with van der Waals surface area (Å²) in [7, 11) is -1.46. The summed E-state index contributed by atoms with van der Waals surface area (Å²) in [6.07, 6.45) is 0. The summed E-state index contributed by atoms with van der Waals surface area (Å²) >= 11 is 0. The van der Waals surface area contributed by atoms with Crippen LogP contribution in [-0.4, -0.2) is 27.6 Å². The maximum Gasteiger partial charge on any atom is 0.271 e. The van der Waals surface area contributed by atoms with Crippen molar-refractivity contribution in [2.45, 2.75) is 4.90 Å². The first-order chi connectivity index (χ1) is 11.3. The summed E-state index contributed by atoms with van der Waals surface area (Å²) in [5.41, 5.74) is -0.972. The predicted molar refractivity (Wildman–Crippen MR) is 83.4 cm³/mol. The lowest BCUT2D eigenvalue weighted by atomic mass is 10.3. The van der Waals surface area contributed by atoms with E-state index in [1.165, 1.54) is 32.4 Å². The molecule has 2 rings (SSSR count). The zero-order chi connectivity index (χ0) is 17.9.